The number of hydrogen-bond donors (Lipinski definition) is 0. The predicted molar refractivity (Wildman–Crippen MR) is 116 cm³/mol. The van der Waals surface area contributed by atoms with Gasteiger partial charge in [0.2, 0.25) is 0 Å². The van der Waals surface area contributed by atoms with Gasteiger partial charge in [0.15, 0.2) is 0 Å². The Labute approximate surface area is 177 Å². The number of carbonyl (C=O) groups excluding carboxylic acids is 1. The van der Waals surface area contributed by atoms with E-state index in [-0.39, 0.29) is 30.4 Å². The van der Waals surface area contributed by atoms with Crippen LogP contribution in [0.1, 0.15) is 78.7 Å². The molecule has 4 heteroatoms. The van der Waals surface area contributed by atoms with Crippen LogP contribution in [0.15, 0.2) is 30.3 Å². The molecule has 0 N–H and O–H groups in total. The minimum Gasteiger partial charge on any atom is -0.459 e. The molecule has 0 unspecified atom stereocenters. The molecule has 2 rings (SSSR count). The molecule has 0 amide bonds. The van der Waals surface area contributed by atoms with Crippen molar-refractivity contribution in [1.29, 1.82) is 0 Å². The zero-order valence-corrected chi connectivity index (χ0v) is 19.0. The molecule has 4 nitrogen and oxygen atoms in total. The van der Waals surface area contributed by atoms with Gasteiger partial charge in [-0.25, -0.2) is 0 Å². The summed E-state index contributed by atoms with van der Waals surface area (Å²) in [5.41, 5.74) is 0.913. The van der Waals surface area contributed by atoms with E-state index in [0.29, 0.717) is 24.9 Å². The minimum absolute atomic E-state index is 0.0534. The van der Waals surface area contributed by atoms with Gasteiger partial charge < -0.3 is 14.2 Å². The lowest BCUT2D eigenvalue weighted by Gasteiger charge is -2.30. The molecule has 3 atom stereocenters. The first-order valence-electron chi connectivity index (χ1n) is 11.2. The molecule has 0 radical (unpaired) electrons. The molecule has 0 aromatic heterocycles. The molecule has 1 fully saturated rings. The van der Waals surface area contributed by atoms with E-state index in [1.807, 2.05) is 18.2 Å². The van der Waals surface area contributed by atoms with Crippen LogP contribution in [-0.4, -0.2) is 24.5 Å². The minimum atomic E-state index is -0.234. The summed E-state index contributed by atoms with van der Waals surface area (Å²) in [5, 5.41) is 0. The highest BCUT2D eigenvalue weighted by Gasteiger charge is 2.33. The molecule has 29 heavy (non-hydrogen) atoms. The maximum Gasteiger partial charge on any atom is 0.306 e. The quantitative estimate of drug-likeness (QED) is 0.239. The van der Waals surface area contributed by atoms with E-state index >= 15 is 0 Å². The maximum atomic E-state index is 12.4. The van der Waals surface area contributed by atoms with Crippen molar-refractivity contribution >= 4 is 5.97 Å². The fourth-order valence-corrected chi connectivity index (χ4v) is 4.55. The van der Waals surface area contributed by atoms with Crippen LogP contribution in [0.25, 0.3) is 0 Å². The third kappa shape index (κ3) is 8.47. The largest absolute Gasteiger partial charge is 0.459 e. The number of ether oxygens (including phenoxy) is 3. The van der Waals surface area contributed by atoms with E-state index in [1.165, 1.54) is 0 Å². The van der Waals surface area contributed by atoms with E-state index in [2.05, 4.69) is 46.8 Å². The number of benzene rings is 1. The highest BCUT2D eigenvalue weighted by molar-refractivity contribution is 5.70. The Morgan fingerprint density at radius 3 is 2.34 bits per heavy atom. The predicted octanol–water partition coefficient (Wildman–Crippen LogP) is 6.13. The lowest BCUT2D eigenvalue weighted by Crippen LogP contribution is -2.31. The Balaban J connectivity index is 1.72. The summed E-state index contributed by atoms with van der Waals surface area (Å²) in [4.78, 5) is 12.4. The fraction of sp³-hybridized carbons (Fsp3) is 0.720. The highest BCUT2D eigenvalue weighted by atomic mass is 16.7. The first kappa shape index (κ1) is 23.9. The molecule has 1 aromatic rings. The number of rotatable bonds is 12. The van der Waals surface area contributed by atoms with Crippen LogP contribution >= 0.6 is 0 Å². The second-order valence-electron chi connectivity index (χ2n) is 9.48. The van der Waals surface area contributed by atoms with Gasteiger partial charge in [-0.2, -0.15) is 0 Å². The molecule has 0 heterocycles. The zero-order valence-electron chi connectivity index (χ0n) is 19.0. The summed E-state index contributed by atoms with van der Waals surface area (Å²) in [6.45, 7) is 11.6. The van der Waals surface area contributed by atoms with Crippen molar-refractivity contribution in [3.63, 3.8) is 0 Å². The Morgan fingerprint density at radius 2 is 1.72 bits per heavy atom. The number of hydrogen-bond acceptors (Lipinski definition) is 4. The molecule has 0 bridgehead atoms. The van der Waals surface area contributed by atoms with E-state index < -0.39 is 0 Å². The summed E-state index contributed by atoms with van der Waals surface area (Å²) in [5.74, 6) is 0.960. The van der Waals surface area contributed by atoms with Crippen molar-refractivity contribution in [2.45, 2.75) is 91.5 Å². The summed E-state index contributed by atoms with van der Waals surface area (Å²) in [7, 11) is 0. The van der Waals surface area contributed by atoms with E-state index in [1.54, 1.807) is 0 Å². The third-order valence-corrected chi connectivity index (χ3v) is 5.98. The molecule has 1 saturated carbocycles. The Kier molecular flexibility index (Phi) is 9.64. The van der Waals surface area contributed by atoms with Crippen LogP contribution < -0.4 is 0 Å². The first-order chi connectivity index (χ1) is 13.8. The molecular formula is C25H40O4. The van der Waals surface area contributed by atoms with Gasteiger partial charge in [0, 0.05) is 6.42 Å². The van der Waals surface area contributed by atoms with Crippen LogP contribution in [0.3, 0.4) is 0 Å². The van der Waals surface area contributed by atoms with Crippen molar-refractivity contribution < 1.29 is 19.0 Å². The Bertz CT molecular complexity index is 592. The molecule has 0 aliphatic heterocycles. The van der Waals surface area contributed by atoms with Gasteiger partial charge >= 0.3 is 5.97 Å². The Hall–Kier alpha value is -1.39. The van der Waals surface area contributed by atoms with Gasteiger partial charge in [-0.05, 0) is 62.3 Å². The third-order valence-electron chi connectivity index (χ3n) is 5.98. The van der Waals surface area contributed by atoms with Gasteiger partial charge in [0.05, 0.1) is 12.7 Å². The average molecular weight is 405 g/mol. The number of carbonyl (C=O) groups is 1. The van der Waals surface area contributed by atoms with Crippen molar-refractivity contribution in [3.8, 4) is 0 Å². The molecule has 1 aliphatic carbocycles. The normalized spacial score (nSPS) is 19.1. The zero-order chi connectivity index (χ0) is 21.3. The van der Waals surface area contributed by atoms with Gasteiger partial charge in [0.25, 0.3) is 0 Å². The Morgan fingerprint density at radius 1 is 1.07 bits per heavy atom. The maximum absolute atomic E-state index is 12.4. The smallest absolute Gasteiger partial charge is 0.306 e. The standard InChI is InChI=1S/C25H40O4/c1-19(2)24(28-18-27-17-22-11-7-6-8-12-22)21(4)15-20(3)16-23(26)29-25(5)13-9-10-14-25/h6-8,11-12,19-21,24H,9-10,13-18H2,1-5H3/t20-,21+,24-/m1/s1. The second kappa shape index (κ2) is 11.7. The fourth-order valence-electron chi connectivity index (χ4n) is 4.55. The molecule has 1 aliphatic rings. The van der Waals surface area contributed by atoms with Crippen LogP contribution in [0.5, 0.6) is 0 Å². The van der Waals surface area contributed by atoms with E-state index in [9.17, 15) is 4.79 Å². The molecule has 0 spiro atoms. The summed E-state index contributed by atoms with van der Waals surface area (Å²) in [6, 6.07) is 10.1. The first-order valence-corrected chi connectivity index (χ1v) is 11.2. The van der Waals surface area contributed by atoms with Crippen molar-refractivity contribution in [3.05, 3.63) is 35.9 Å². The van der Waals surface area contributed by atoms with Crippen LogP contribution in [0.4, 0.5) is 0 Å². The molecular weight excluding hydrogens is 364 g/mol. The van der Waals surface area contributed by atoms with Crippen LogP contribution in [0.2, 0.25) is 0 Å². The van der Waals surface area contributed by atoms with Gasteiger partial charge in [-0.1, -0.05) is 58.0 Å². The summed E-state index contributed by atoms with van der Waals surface area (Å²) >= 11 is 0. The lowest BCUT2D eigenvalue weighted by molar-refractivity contribution is -0.159. The summed E-state index contributed by atoms with van der Waals surface area (Å²) in [6.07, 6.45) is 5.84. The van der Waals surface area contributed by atoms with Crippen molar-refractivity contribution in [1.82, 2.24) is 0 Å². The average Bonchev–Trinajstić information content (AvgIpc) is 3.07. The van der Waals surface area contributed by atoms with Gasteiger partial charge in [-0.15, -0.1) is 0 Å². The van der Waals surface area contributed by atoms with Crippen molar-refractivity contribution in [2.24, 2.45) is 17.8 Å². The van der Waals surface area contributed by atoms with E-state index in [4.69, 9.17) is 14.2 Å². The topological polar surface area (TPSA) is 44.8 Å². The van der Waals surface area contributed by atoms with Gasteiger partial charge in [0.1, 0.15) is 12.4 Å². The van der Waals surface area contributed by atoms with Crippen LogP contribution in [-0.2, 0) is 25.6 Å². The van der Waals surface area contributed by atoms with Gasteiger partial charge in [-0.3, -0.25) is 4.79 Å². The number of esters is 1. The highest BCUT2D eigenvalue weighted by Crippen LogP contribution is 2.33. The van der Waals surface area contributed by atoms with Crippen molar-refractivity contribution in [2.75, 3.05) is 6.79 Å². The molecule has 1 aromatic carbocycles. The monoisotopic (exact) mass is 404 g/mol. The second-order valence-corrected chi connectivity index (χ2v) is 9.48. The van der Waals surface area contributed by atoms with Crippen LogP contribution in [0, 0.1) is 17.8 Å². The molecule has 164 valence electrons. The van der Waals surface area contributed by atoms with E-state index in [0.717, 1.165) is 37.7 Å². The lowest BCUT2D eigenvalue weighted by atomic mass is 9.86. The SMILES string of the molecule is CC(C)[C@@H](OCOCc1ccccc1)[C@@H](C)C[C@@H](C)CC(=O)OC1(C)CCCC1. The molecule has 0 saturated heterocycles. The summed E-state index contributed by atoms with van der Waals surface area (Å²) < 4.78 is 17.6.